The molecule has 0 aliphatic rings. The molecule has 1 heterocycles. The van der Waals surface area contributed by atoms with Gasteiger partial charge in [0, 0.05) is 9.50 Å². The van der Waals surface area contributed by atoms with E-state index >= 15 is 0 Å². The van der Waals surface area contributed by atoms with Gasteiger partial charge in [0.25, 0.3) is 5.91 Å². The van der Waals surface area contributed by atoms with E-state index in [-0.39, 0.29) is 17.9 Å². The maximum Gasteiger partial charge on any atom is 0.337 e. The number of rotatable bonds is 4. The summed E-state index contributed by atoms with van der Waals surface area (Å²) in [6.45, 7) is 2.27. The van der Waals surface area contributed by atoms with Crippen LogP contribution in [0.4, 0.5) is 5.95 Å². The molecule has 0 aliphatic carbocycles. The summed E-state index contributed by atoms with van der Waals surface area (Å²) in [6, 6.07) is 5.12. The van der Waals surface area contributed by atoms with E-state index in [1.807, 2.05) is 6.92 Å². The van der Waals surface area contributed by atoms with Crippen molar-refractivity contribution in [1.82, 2.24) is 15.2 Å². The third kappa shape index (κ3) is 3.45. The van der Waals surface area contributed by atoms with Crippen molar-refractivity contribution >= 4 is 39.4 Å². The number of H-pyrrole nitrogens is 1. The van der Waals surface area contributed by atoms with Gasteiger partial charge in [0.15, 0.2) is 0 Å². The average molecular weight is 346 g/mol. The fraction of sp³-hybridized carbons (Fsp3) is 0.182. The summed E-state index contributed by atoms with van der Waals surface area (Å²) in [4.78, 5) is 16.0. The molecule has 0 atom stereocenters. The Kier molecular flexibility index (Phi) is 4.39. The van der Waals surface area contributed by atoms with Gasteiger partial charge in [0.1, 0.15) is 0 Å². The molecule has 0 saturated carbocycles. The second kappa shape index (κ2) is 6.03. The van der Waals surface area contributed by atoms with Crippen molar-refractivity contribution in [1.29, 1.82) is 0 Å². The normalized spacial score (nSPS) is 10.3. The zero-order valence-corrected chi connectivity index (χ0v) is 12.2. The highest BCUT2D eigenvalue weighted by Gasteiger charge is 2.13. The Hall–Kier alpha value is -1.60. The second-order valence-corrected chi connectivity index (χ2v) is 4.77. The van der Waals surface area contributed by atoms with Gasteiger partial charge in [-0.2, -0.15) is 4.98 Å². The second-order valence-electron chi connectivity index (χ2n) is 3.48. The Balaban J connectivity index is 2.13. The average Bonchev–Trinajstić information content (AvgIpc) is 2.80. The summed E-state index contributed by atoms with van der Waals surface area (Å²) in [7, 11) is 0. The highest BCUT2D eigenvalue weighted by molar-refractivity contribution is 9.10. The lowest BCUT2D eigenvalue weighted by atomic mass is 10.2. The number of anilines is 1. The molecule has 1 amide bonds. The first-order chi connectivity index (χ1) is 9.10. The molecule has 0 fully saturated rings. The van der Waals surface area contributed by atoms with Gasteiger partial charge < -0.3 is 4.74 Å². The van der Waals surface area contributed by atoms with Gasteiger partial charge in [0.2, 0.25) is 5.95 Å². The fourth-order valence-electron chi connectivity index (χ4n) is 1.34. The van der Waals surface area contributed by atoms with Gasteiger partial charge in [0.05, 0.1) is 12.2 Å². The topological polar surface area (TPSA) is 79.9 Å². The molecule has 1 aromatic heterocycles. The van der Waals surface area contributed by atoms with E-state index in [0.29, 0.717) is 21.7 Å². The number of hydrogen-bond donors (Lipinski definition) is 2. The number of carbonyl (C=O) groups is 1. The summed E-state index contributed by atoms with van der Waals surface area (Å²) in [6.07, 6.45) is 0. The van der Waals surface area contributed by atoms with E-state index in [4.69, 9.17) is 16.3 Å². The highest BCUT2D eigenvalue weighted by atomic mass is 79.9. The van der Waals surface area contributed by atoms with Crippen molar-refractivity contribution in [2.45, 2.75) is 6.92 Å². The first-order valence-electron chi connectivity index (χ1n) is 5.41. The zero-order valence-electron chi connectivity index (χ0n) is 9.91. The standard InChI is InChI=1S/C11H10BrClN4O2/c1-2-19-11-15-10(16-17-11)14-9(18)7-5-6(13)3-4-8(7)12/h3-5H,2H2,1H3,(H2,14,15,16,17,18). The maximum atomic E-state index is 12.0. The van der Waals surface area contributed by atoms with Crippen LogP contribution < -0.4 is 10.1 Å². The van der Waals surface area contributed by atoms with Crippen LogP contribution in [-0.4, -0.2) is 27.7 Å². The molecule has 2 aromatic rings. The molecule has 0 aliphatic heterocycles. The number of benzene rings is 1. The Bertz CT molecular complexity index is 602. The molecule has 0 saturated heterocycles. The monoisotopic (exact) mass is 344 g/mol. The maximum absolute atomic E-state index is 12.0. The van der Waals surface area contributed by atoms with Crippen LogP contribution in [0.1, 0.15) is 17.3 Å². The number of nitrogens with zero attached hydrogens (tertiary/aromatic N) is 2. The number of halogens is 2. The third-order valence-electron chi connectivity index (χ3n) is 2.14. The fourth-order valence-corrected chi connectivity index (χ4v) is 1.94. The molecule has 0 bridgehead atoms. The number of ether oxygens (including phenoxy) is 1. The lowest BCUT2D eigenvalue weighted by molar-refractivity contribution is 0.102. The largest absolute Gasteiger partial charge is 0.463 e. The smallest absolute Gasteiger partial charge is 0.337 e. The first-order valence-corrected chi connectivity index (χ1v) is 6.59. The van der Waals surface area contributed by atoms with Crippen molar-refractivity contribution in [3.63, 3.8) is 0 Å². The van der Waals surface area contributed by atoms with Crippen LogP contribution >= 0.6 is 27.5 Å². The van der Waals surface area contributed by atoms with Gasteiger partial charge in [-0.3, -0.25) is 10.1 Å². The number of nitrogens with one attached hydrogen (secondary N) is 2. The van der Waals surface area contributed by atoms with Gasteiger partial charge in [-0.05, 0) is 41.1 Å². The van der Waals surface area contributed by atoms with Crippen molar-refractivity contribution < 1.29 is 9.53 Å². The summed E-state index contributed by atoms with van der Waals surface area (Å²) >= 11 is 9.14. The Morgan fingerprint density at radius 3 is 3.11 bits per heavy atom. The van der Waals surface area contributed by atoms with Gasteiger partial charge in [-0.1, -0.05) is 11.6 Å². The molecule has 0 radical (unpaired) electrons. The molecule has 2 N–H and O–H groups in total. The third-order valence-corrected chi connectivity index (χ3v) is 3.07. The number of hydrogen-bond acceptors (Lipinski definition) is 4. The molecule has 100 valence electrons. The summed E-state index contributed by atoms with van der Waals surface area (Å²) < 4.78 is 5.72. The Labute approximate surface area is 122 Å². The van der Waals surface area contributed by atoms with E-state index in [9.17, 15) is 4.79 Å². The first kappa shape index (κ1) is 13.8. The minimum atomic E-state index is -0.353. The van der Waals surface area contributed by atoms with Crippen LogP contribution in [0.2, 0.25) is 5.02 Å². The Morgan fingerprint density at radius 2 is 2.37 bits per heavy atom. The number of carbonyl (C=O) groups excluding carboxylic acids is 1. The van der Waals surface area contributed by atoms with Crippen LogP contribution in [0.3, 0.4) is 0 Å². The number of aromatic nitrogens is 3. The van der Waals surface area contributed by atoms with Crippen LogP contribution in [0.15, 0.2) is 22.7 Å². The summed E-state index contributed by atoms with van der Waals surface area (Å²) in [5.74, 6) is -0.145. The minimum absolute atomic E-state index is 0.183. The summed E-state index contributed by atoms with van der Waals surface area (Å²) in [5, 5.41) is 9.38. The minimum Gasteiger partial charge on any atom is -0.463 e. The predicted octanol–water partition coefficient (Wildman–Crippen LogP) is 2.87. The van der Waals surface area contributed by atoms with E-state index in [1.165, 1.54) is 0 Å². The van der Waals surface area contributed by atoms with Crippen molar-refractivity contribution in [3.05, 3.63) is 33.3 Å². The van der Waals surface area contributed by atoms with Gasteiger partial charge in [-0.15, -0.1) is 5.10 Å². The highest BCUT2D eigenvalue weighted by Crippen LogP contribution is 2.22. The lowest BCUT2D eigenvalue weighted by Crippen LogP contribution is -2.13. The van der Waals surface area contributed by atoms with E-state index in [0.717, 1.165) is 0 Å². The van der Waals surface area contributed by atoms with Crippen molar-refractivity contribution in [3.8, 4) is 6.01 Å². The molecule has 0 spiro atoms. The molecular weight excluding hydrogens is 336 g/mol. The lowest BCUT2D eigenvalue weighted by Gasteiger charge is -2.04. The zero-order chi connectivity index (χ0) is 13.8. The van der Waals surface area contributed by atoms with Gasteiger partial charge >= 0.3 is 6.01 Å². The Morgan fingerprint density at radius 1 is 1.58 bits per heavy atom. The SMILES string of the molecule is CCOc1n[nH]c(NC(=O)c2cc(Cl)ccc2Br)n1. The molecule has 2 rings (SSSR count). The van der Waals surface area contributed by atoms with Crippen LogP contribution in [0, 0.1) is 0 Å². The molecule has 0 unspecified atom stereocenters. The molecule has 6 nitrogen and oxygen atoms in total. The quantitative estimate of drug-likeness (QED) is 0.893. The van der Waals surface area contributed by atoms with Crippen LogP contribution in [0.25, 0.3) is 0 Å². The molecule has 8 heteroatoms. The van der Waals surface area contributed by atoms with E-state index < -0.39 is 0 Å². The summed E-state index contributed by atoms with van der Waals surface area (Å²) in [5.41, 5.74) is 0.404. The van der Waals surface area contributed by atoms with Crippen molar-refractivity contribution in [2.75, 3.05) is 11.9 Å². The van der Waals surface area contributed by atoms with Crippen LogP contribution in [-0.2, 0) is 0 Å². The number of aromatic amines is 1. The predicted molar refractivity (Wildman–Crippen MR) is 74.7 cm³/mol. The van der Waals surface area contributed by atoms with E-state index in [2.05, 4.69) is 36.4 Å². The molecule has 1 aromatic carbocycles. The van der Waals surface area contributed by atoms with Crippen molar-refractivity contribution in [2.24, 2.45) is 0 Å². The van der Waals surface area contributed by atoms with E-state index in [1.54, 1.807) is 18.2 Å². The van der Waals surface area contributed by atoms with Crippen LogP contribution in [0.5, 0.6) is 6.01 Å². The number of amides is 1. The molecule has 19 heavy (non-hydrogen) atoms. The van der Waals surface area contributed by atoms with Gasteiger partial charge in [-0.25, -0.2) is 5.10 Å². The molecular formula is C11H10BrClN4O2.